The lowest BCUT2D eigenvalue weighted by Gasteiger charge is -2.24. The number of alkyl halides is 3. The molecule has 6 nitrogen and oxygen atoms in total. The maximum Gasteiger partial charge on any atom is 0.419 e. The van der Waals surface area contributed by atoms with Crippen molar-refractivity contribution in [2.24, 2.45) is 0 Å². The van der Waals surface area contributed by atoms with Gasteiger partial charge in [0.2, 0.25) is 0 Å². The van der Waals surface area contributed by atoms with Crippen molar-refractivity contribution in [3.05, 3.63) is 59.2 Å². The molecule has 2 heterocycles. The third kappa shape index (κ3) is 9.81. The van der Waals surface area contributed by atoms with E-state index in [-0.39, 0.29) is 6.10 Å². The molecular formula is C28H39F3N2O4. The fourth-order valence-electron chi connectivity index (χ4n) is 4.21. The van der Waals surface area contributed by atoms with Crippen LogP contribution in [-0.4, -0.2) is 51.1 Å². The Morgan fingerprint density at radius 1 is 0.865 bits per heavy atom. The summed E-state index contributed by atoms with van der Waals surface area (Å²) in [5.74, 6) is 0.207. The average Bonchev–Trinajstić information content (AvgIpc) is 2.92. The molecule has 0 radical (unpaired) electrons. The molecular weight excluding hydrogens is 485 g/mol. The topological polar surface area (TPSA) is 72.0 Å². The normalized spacial score (nSPS) is 20.1. The lowest BCUT2D eigenvalue weighted by atomic mass is 10.0. The Labute approximate surface area is 217 Å². The summed E-state index contributed by atoms with van der Waals surface area (Å²) in [7, 11) is 0. The Balaban J connectivity index is 0.000000208. The predicted molar refractivity (Wildman–Crippen MR) is 137 cm³/mol. The first-order chi connectivity index (χ1) is 17.9. The summed E-state index contributed by atoms with van der Waals surface area (Å²) in [6.07, 6.45) is 1.61. The van der Waals surface area contributed by atoms with Crippen molar-refractivity contribution in [3.63, 3.8) is 0 Å². The first-order valence-corrected chi connectivity index (χ1v) is 13.2. The number of rotatable bonds is 9. The standard InChI is InChI=1S/C17H27NO2.C11H12F3NO2/c1-2-3-4-5-6-12-19-16-9-7-15(8-10-16)17-14-18-11-13-20-17;12-11(13,14)8-5-7(1-2-9(8)16)10-6-15-3-4-17-10/h7-10,17-18H,2-6,11-14H2,1H3;1-2,5,10,15-16H,3-4,6H2. The number of phenols is 1. The van der Waals surface area contributed by atoms with Crippen LogP contribution in [0.15, 0.2) is 42.5 Å². The fourth-order valence-corrected chi connectivity index (χ4v) is 4.21. The van der Waals surface area contributed by atoms with E-state index in [1.165, 1.54) is 37.3 Å². The summed E-state index contributed by atoms with van der Waals surface area (Å²) in [5, 5.41) is 15.6. The lowest BCUT2D eigenvalue weighted by Crippen LogP contribution is -2.33. The maximum absolute atomic E-state index is 12.6. The molecule has 9 heteroatoms. The summed E-state index contributed by atoms with van der Waals surface area (Å²) in [6, 6.07) is 11.8. The van der Waals surface area contributed by atoms with Crippen molar-refractivity contribution in [3.8, 4) is 11.5 Å². The van der Waals surface area contributed by atoms with Gasteiger partial charge in [-0.25, -0.2) is 0 Å². The highest BCUT2D eigenvalue weighted by Crippen LogP contribution is 2.37. The van der Waals surface area contributed by atoms with Crippen LogP contribution in [0.2, 0.25) is 0 Å². The van der Waals surface area contributed by atoms with Crippen LogP contribution in [0.25, 0.3) is 0 Å². The van der Waals surface area contributed by atoms with Gasteiger partial charge in [-0.05, 0) is 41.8 Å². The zero-order valence-corrected chi connectivity index (χ0v) is 21.5. The van der Waals surface area contributed by atoms with E-state index >= 15 is 0 Å². The highest BCUT2D eigenvalue weighted by Gasteiger charge is 2.34. The van der Waals surface area contributed by atoms with Gasteiger partial charge in [0, 0.05) is 26.2 Å². The van der Waals surface area contributed by atoms with Crippen LogP contribution in [0, 0.1) is 0 Å². The molecule has 3 N–H and O–H groups in total. The van der Waals surface area contributed by atoms with E-state index in [2.05, 4.69) is 41.8 Å². The van der Waals surface area contributed by atoms with Crippen LogP contribution >= 0.6 is 0 Å². The number of morpholine rings is 2. The number of nitrogens with one attached hydrogen (secondary N) is 2. The second-order valence-electron chi connectivity index (χ2n) is 9.23. The fraction of sp³-hybridized carbons (Fsp3) is 0.571. The van der Waals surface area contributed by atoms with Crippen LogP contribution in [0.1, 0.15) is 67.9 Å². The molecule has 0 saturated carbocycles. The summed E-state index contributed by atoms with van der Waals surface area (Å²) in [6.45, 7) is 7.35. The molecule has 2 aliphatic heterocycles. The molecule has 2 aromatic rings. The highest BCUT2D eigenvalue weighted by molar-refractivity contribution is 5.39. The molecule has 2 aliphatic rings. The third-order valence-corrected chi connectivity index (χ3v) is 6.32. The van der Waals surface area contributed by atoms with Crippen molar-refractivity contribution in [2.75, 3.05) is 46.0 Å². The molecule has 2 unspecified atom stereocenters. The van der Waals surface area contributed by atoms with Gasteiger partial charge in [-0.15, -0.1) is 0 Å². The third-order valence-electron chi connectivity index (χ3n) is 6.32. The van der Waals surface area contributed by atoms with Crippen LogP contribution in [0.5, 0.6) is 11.5 Å². The molecule has 2 atom stereocenters. The van der Waals surface area contributed by atoms with Gasteiger partial charge < -0.3 is 30.0 Å². The minimum atomic E-state index is -4.55. The SMILES string of the molecule is CCCCCCCOc1ccc(C2CNCCO2)cc1.Oc1ccc(C2CNCCO2)cc1C(F)(F)F. The maximum atomic E-state index is 12.6. The minimum absolute atomic E-state index is 0.187. The number of unbranched alkanes of at least 4 members (excludes halogenated alkanes) is 4. The summed E-state index contributed by atoms with van der Waals surface area (Å²) in [5.41, 5.74) is 0.624. The number of hydrogen-bond donors (Lipinski definition) is 3. The molecule has 0 aromatic heterocycles. The molecule has 0 spiro atoms. The lowest BCUT2D eigenvalue weighted by molar-refractivity contribution is -0.138. The minimum Gasteiger partial charge on any atom is -0.507 e. The first kappa shape index (κ1) is 29.2. The molecule has 2 saturated heterocycles. The number of aromatic hydroxyl groups is 1. The van der Waals surface area contributed by atoms with E-state index < -0.39 is 23.6 Å². The molecule has 2 aromatic carbocycles. The Morgan fingerprint density at radius 3 is 2.03 bits per heavy atom. The van der Waals surface area contributed by atoms with Crippen molar-refractivity contribution in [1.82, 2.24) is 10.6 Å². The Bertz CT molecular complexity index is 913. The Kier molecular flexibility index (Phi) is 12.0. The number of halogens is 3. The van der Waals surface area contributed by atoms with Gasteiger partial charge in [0.25, 0.3) is 0 Å². The smallest absolute Gasteiger partial charge is 0.419 e. The molecule has 2 fully saturated rings. The first-order valence-electron chi connectivity index (χ1n) is 13.2. The molecule has 0 amide bonds. The highest BCUT2D eigenvalue weighted by atomic mass is 19.4. The van der Waals surface area contributed by atoms with Gasteiger partial charge in [-0.1, -0.05) is 50.8 Å². The second kappa shape index (κ2) is 15.2. The number of ether oxygens (including phenoxy) is 3. The van der Waals surface area contributed by atoms with E-state index in [4.69, 9.17) is 14.2 Å². The zero-order valence-electron chi connectivity index (χ0n) is 21.5. The number of phenolic OH excluding ortho intramolecular Hbond substituents is 1. The molecule has 0 aliphatic carbocycles. The van der Waals surface area contributed by atoms with Gasteiger partial charge in [0.05, 0.1) is 37.6 Å². The average molecular weight is 525 g/mol. The van der Waals surface area contributed by atoms with E-state index in [0.717, 1.165) is 50.6 Å². The quantitative estimate of drug-likeness (QED) is 0.362. The van der Waals surface area contributed by atoms with Crippen LogP contribution in [-0.2, 0) is 15.7 Å². The van der Waals surface area contributed by atoms with Gasteiger partial charge in [-0.2, -0.15) is 13.2 Å². The van der Waals surface area contributed by atoms with Crippen molar-refractivity contribution in [2.45, 2.75) is 57.4 Å². The Hall–Kier alpha value is -2.33. The van der Waals surface area contributed by atoms with E-state index in [1.54, 1.807) is 0 Å². The van der Waals surface area contributed by atoms with E-state index in [9.17, 15) is 18.3 Å². The van der Waals surface area contributed by atoms with Crippen molar-refractivity contribution >= 4 is 0 Å². The molecule has 206 valence electrons. The summed E-state index contributed by atoms with van der Waals surface area (Å²) < 4.78 is 54.6. The van der Waals surface area contributed by atoms with Gasteiger partial charge in [0.1, 0.15) is 11.5 Å². The molecule has 4 rings (SSSR count). The van der Waals surface area contributed by atoms with E-state index in [0.29, 0.717) is 25.3 Å². The van der Waals surface area contributed by atoms with Crippen LogP contribution in [0.4, 0.5) is 13.2 Å². The molecule has 37 heavy (non-hydrogen) atoms. The summed E-state index contributed by atoms with van der Waals surface area (Å²) >= 11 is 0. The van der Waals surface area contributed by atoms with Gasteiger partial charge in [-0.3, -0.25) is 0 Å². The van der Waals surface area contributed by atoms with Crippen molar-refractivity contribution in [1.29, 1.82) is 0 Å². The van der Waals surface area contributed by atoms with E-state index in [1.807, 2.05) is 0 Å². The zero-order chi connectivity index (χ0) is 26.5. The van der Waals surface area contributed by atoms with Gasteiger partial charge in [0.15, 0.2) is 0 Å². The number of hydrogen-bond acceptors (Lipinski definition) is 6. The van der Waals surface area contributed by atoms with Crippen LogP contribution < -0.4 is 15.4 Å². The summed E-state index contributed by atoms with van der Waals surface area (Å²) in [4.78, 5) is 0. The monoisotopic (exact) mass is 524 g/mol. The molecule has 0 bridgehead atoms. The van der Waals surface area contributed by atoms with Crippen LogP contribution in [0.3, 0.4) is 0 Å². The second-order valence-corrected chi connectivity index (χ2v) is 9.23. The number of benzene rings is 2. The predicted octanol–water partition coefficient (Wildman–Crippen LogP) is 5.77. The van der Waals surface area contributed by atoms with Gasteiger partial charge >= 0.3 is 6.18 Å². The van der Waals surface area contributed by atoms with Crippen molar-refractivity contribution < 1.29 is 32.5 Å². The Morgan fingerprint density at radius 2 is 1.46 bits per heavy atom. The largest absolute Gasteiger partial charge is 0.507 e.